The molecule has 2 aliphatic heterocycles. The van der Waals surface area contributed by atoms with Crippen molar-refractivity contribution in [3.8, 4) is 17.2 Å². The lowest BCUT2D eigenvalue weighted by molar-refractivity contribution is 0.0950. The molecule has 1 fully saturated rings. The number of benzene rings is 1. The molecule has 1 aromatic heterocycles. The van der Waals surface area contributed by atoms with E-state index in [2.05, 4.69) is 14.8 Å². The van der Waals surface area contributed by atoms with Crippen LogP contribution in [0.15, 0.2) is 24.3 Å². The summed E-state index contributed by atoms with van der Waals surface area (Å²) in [7, 11) is 0. The van der Waals surface area contributed by atoms with Crippen LogP contribution in [-0.2, 0) is 0 Å². The Labute approximate surface area is 172 Å². The number of nitrogens with one attached hydrogen (secondary N) is 1. The number of aryl methyl sites for hydroxylation is 1. The summed E-state index contributed by atoms with van der Waals surface area (Å²) in [5.74, 6) is 1.53. The Morgan fingerprint density at radius 2 is 1.79 bits per heavy atom. The second-order valence-corrected chi connectivity index (χ2v) is 7.96. The summed E-state index contributed by atoms with van der Waals surface area (Å²) in [5, 5.41) is 3.10. The summed E-state index contributed by atoms with van der Waals surface area (Å²) >= 11 is 0. The van der Waals surface area contributed by atoms with Gasteiger partial charge in [0.25, 0.3) is 5.91 Å². The molecular weight excluding hydrogens is 366 g/mol. The zero-order chi connectivity index (χ0) is 20.2. The second-order valence-electron chi connectivity index (χ2n) is 7.96. The molecule has 0 radical (unpaired) electrons. The van der Waals surface area contributed by atoms with Crippen molar-refractivity contribution in [2.24, 2.45) is 0 Å². The molecule has 0 saturated carbocycles. The zero-order valence-corrected chi connectivity index (χ0v) is 17.5. The van der Waals surface area contributed by atoms with Gasteiger partial charge in [-0.05, 0) is 70.9 Å². The van der Waals surface area contributed by atoms with Gasteiger partial charge < -0.3 is 24.3 Å². The first-order valence-electron chi connectivity index (χ1n) is 10.7. The van der Waals surface area contributed by atoms with Crippen molar-refractivity contribution >= 4 is 5.91 Å². The Kier molecular flexibility index (Phi) is 6.09. The summed E-state index contributed by atoms with van der Waals surface area (Å²) in [5.41, 5.74) is 3.68. The van der Waals surface area contributed by atoms with Gasteiger partial charge in [-0.3, -0.25) is 4.79 Å². The highest BCUT2D eigenvalue weighted by atomic mass is 16.6. The maximum Gasteiger partial charge on any atom is 0.253 e. The number of rotatable bonds is 6. The molecule has 0 unspecified atom stereocenters. The van der Waals surface area contributed by atoms with Crippen molar-refractivity contribution in [2.45, 2.75) is 39.5 Å². The summed E-state index contributed by atoms with van der Waals surface area (Å²) in [6.07, 6.45) is 4.95. The van der Waals surface area contributed by atoms with Crippen molar-refractivity contribution in [3.05, 3.63) is 41.2 Å². The van der Waals surface area contributed by atoms with Gasteiger partial charge >= 0.3 is 0 Å². The molecule has 1 amide bonds. The fourth-order valence-corrected chi connectivity index (χ4v) is 4.34. The molecule has 3 heterocycles. The molecule has 0 aliphatic carbocycles. The third kappa shape index (κ3) is 4.42. The van der Waals surface area contributed by atoms with Crippen LogP contribution in [0.4, 0.5) is 0 Å². The van der Waals surface area contributed by atoms with Crippen LogP contribution in [0.1, 0.15) is 47.4 Å². The fourth-order valence-electron chi connectivity index (χ4n) is 4.34. The van der Waals surface area contributed by atoms with Crippen LogP contribution in [0.5, 0.6) is 11.5 Å². The van der Waals surface area contributed by atoms with Crippen molar-refractivity contribution in [1.29, 1.82) is 0 Å². The number of aromatic nitrogens is 1. The third-order valence-corrected chi connectivity index (χ3v) is 5.85. The topological polar surface area (TPSA) is 55.7 Å². The highest BCUT2D eigenvalue weighted by Gasteiger charge is 2.19. The molecule has 1 saturated heterocycles. The van der Waals surface area contributed by atoms with Crippen LogP contribution >= 0.6 is 0 Å². The fraction of sp³-hybridized carbons (Fsp3) is 0.522. The van der Waals surface area contributed by atoms with Crippen molar-refractivity contribution in [2.75, 3.05) is 39.4 Å². The molecule has 2 aliphatic rings. The van der Waals surface area contributed by atoms with Gasteiger partial charge in [0.2, 0.25) is 0 Å². The molecule has 6 nitrogen and oxygen atoms in total. The van der Waals surface area contributed by atoms with E-state index < -0.39 is 0 Å². The molecule has 1 N–H and O–H groups in total. The van der Waals surface area contributed by atoms with Gasteiger partial charge in [-0.25, -0.2) is 0 Å². The predicted molar refractivity (Wildman–Crippen MR) is 113 cm³/mol. The van der Waals surface area contributed by atoms with Crippen LogP contribution in [0.25, 0.3) is 5.69 Å². The molecule has 156 valence electrons. The number of fused-ring (bicyclic) bond motifs is 1. The summed E-state index contributed by atoms with van der Waals surface area (Å²) in [4.78, 5) is 15.3. The van der Waals surface area contributed by atoms with E-state index in [0.29, 0.717) is 19.8 Å². The van der Waals surface area contributed by atoms with Crippen molar-refractivity contribution < 1.29 is 14.3 Å². The third-order valence-electron chi connectivity index (χ3n) is 5.85. The van der Waals surface area contributed by atoms with Gasteiger partial charge in [-0.1, -0.05) is 6.42 Å². The van der Waals surface area contributed by atoms with E-state index in [1.807, 2.05) is 38.1 Å². The van der Waals surface area contributed by atoms with Gasteiger partial charge in [0.1, 0.15) is 13.2 Å². The van der Waals surface area contributed by atoms with E-state index in [1.54, 1.807) is 0 Å². The van der Waals surface area contributed by atoms with E-state index in [0.717, 1.165) is 47.1 Å². The monoisotopic (exact) mass is 397 g/mol. The molecule has 6 heteroatoms. The predicted octanol–water partition coefficient (Wildman–Crippen LogP) is 3.47. The van der Waals surface area contributed by atoms with E-state index in [9.17, 15) is 4.79 Å². The number of hydrogen-bond acceptors (Lipinski definition) is 4. The number of likely N-dealkylation sites (tertiary alicyclic amines) is 1. The first-order chi connectivity index (χ1) is 14.1. The van der Waals surface area contributed by atoms with Gasteiger partial charge in [-0.15, -0.1) is 0 Å². The lowest BCUT2D eigenvalue weighted by atomic mass is 10.1. The van der Waals surface area contributed by atoms with Crippen LogP contribution in [0.3, 0.4) is 0 Å². The maximum absolute atomic E-state index is 12.8. The first-order valence-corrected chi connectivity index (χ1v) is 10.7. The van der Waals surface area contributed by atoms with Crippen LogP contribution < -0.4 is 14.8 Å². The van der Waals surface area contributed by atoms with Gasteiger partial charge in [0.15, 0.2) is 11.5 Å². The minimum absolute atomic E-state index is 0.000498. The van der Waals surface area contributed by atoms with Gasteiger partial charge in [0.05, 0.1) is 5.56 Å². The molecule has 4 rings (SSSR count). The van der Waals surface area contributed by atoms with Gasteiger partial charge in [0, 0.05) is 29.7 Å². The normalized spacial score (nSPS) is 16.6. The smallest absolute Gasteiger partial charge is 0.253 e. The van der Waals surface area contributed by atoms with Gasteiger partial charge in [-0.2, -0.15) is 0 Å². The largest absolute Gasteiger partial charge is 0.486 e. The van der Waals surface area contributed by atoms with E-state index in [-0.39, 0.29) is 5.91 Å². The van der Waals surface area contributed by atoms with Crippen LogP contribution in [0.2, 0.25) is 0 Å². The Morgan fingerprint density at radius 1 is 1.03 bits per heavy atom. The minimum atomic E-state index is 0.000498. The lowest BCUT2D eigenvalue weighted by Crippen LogP contribution is -2.33. The Morgan fingerprint density at radius 3 is 2.59 bits per heavy atom. The standard InChI is InChI=1S/C23H31N3O3/c1-17-15-20(23(27)24-9-6-12-25-10-4-3-5-11-25)18(2)26(17)19-7-8-21-22(16-19)29-14-13-28-21/h7-8,15-16H,3-6,9-14H2,1-2H3,(H,24,27). The molecule has 29 heavy (non-hydrogen) atoms. The Hall–Kier alpha value is -2.47. The number of ether oxygens (including phenoxy) is 2. The average Bonchev–Trinajstić information content (AvgIpc) is 3.05. The summed E-state index contributed by atoms with van der Waals surface area (Å²) in [6.45, 7) is 9.33. The number of hydrogen-bond donors (Lipinski definition) is 1. The zero-order valence-electron chi connectivity index (χ0n) is 17.5. The van der Waals surface area contributed by atoms with E-state index >= 15 is 0 Å². The summed E-state index contributed by atoms with van der Waals surface area (Å²) < 4.78 is 13.4. The second kappa shape index (κ2) is 8.91. The van der Waals surface area contributed by atoms with E-state index in [1.165, 1.54) is 32.4 Å². The highest BCUT2D eigenvalue weighted by molar-refractivity contribution is 5.95. The van der Waals surface area contributed by atoms with E-state index in [4.69, 9.17) is 9.47 Å². The quantitative estimate of drug-likeness (QED) is 0.759. The highest BCUT2D eigenvalue weighted by Crippen LogP contribution is 2.33. The summed E-state index contributed by atoms with van der Waals surface area (Å²) in [6, 6.07) is 7.89. The van der Waals surface area contributed by atoms with Crippen molar-refractivity contribution in [3.63, 3.8) is 0 Å². The van der Waals surface area contributed by atoms with Crippen LogP contribution in [-0.4, -0.2) is 54.8 Å². The minimum Gasteiger partial charge on any atom is -0.486 e. The average molecular weight is 398 g/mol. The molecule has 0 spiro atoms. The van der Waals surface area contributed by atoms with Crippen LogP contribution in [0, 0.1) is 13.8 Å². The molecule has 0 bridgehead atoms. The Bertz CT molecular complexity index is 868. The van der Waals surface area contributed by atoms with Crippen molar-refractivity contribution in [1.82, 2.24) is 14.8 Å². The number of carbonyl (C=O) groups excluding carboxylic acids is 1. The molecular formula is C23H31N3O3. The Balaban J connectivity index is 1.40. The SMILES string of the molecule is Cc1cc(C(=O)NCCCN2CCCCC2)c(C)n1-c1ccc2c(c1)OCCO2. The number of carbonyl (C=O) groups is 1. The number of nitrogens with zero attached hydrogens (tertiary/aromatic N) is 2. The molecule has 2 aromatic rings. The lowest BCUT2D eigenvalue weighted by Gasteiger charge is -2.26. The number of piperidine rings is 1. The molecule has 1 aromatic carbocycles. The number of amides is 1. The molecule has 0 atom stereocenters. The first kappa shape index (κ1) is 19.8. The maximum atomic E-state index is 12.8.